The van der Waals surface area contributed by atoms with Gasteiger partial charge in [0.2, 0.25) is 5.91 Å². The van der Waals surface area contributed by atoms with Gasteiger partial charge in [-0.1, -0.05) is 34.6 Å². The Morgan fingerprint density at radius 1 is 0.952 bits per heavy atom. The Bertz CT molecular complexity index is 320. The van der Waals surface area contributed by atoms with Gasteiger partial charge in [0.05, 0.1) is 6.42 Å². The lowest BCUT2D eigenvalue weighted by Crippen LogP contribution is -2.41. The fourth-order valence-corrected chi connectivity index (χ4v) is 2.20. The van der Waals surface area contributed by atoms with Gasteiger partial charge in [0.15, 0.2) is 0 Å². The van der Waals surface area contributed by atoms with Gasteiger partial charge in [-0.2, -0.15) is 0 Å². The molecule has 0 atom stereocenters. The second kappa shape index (κ2) is 9.77. The molecule has 0 aliphatic rings. The first kappa shape index (κ1) is 19.9. The summed E-state index contributed by atoms with van der Waals surface area (Å²) in [5.41, 5.74) is -0.461. The third-order valence-corrected chi connectivity index (χ3v) is 3.57. The minimum atomic E-state index is -0.857. The van der Waals surface area contributed by atoms with Crippen LogP contribution in [0, 0.1) is 5.41 Å². The zero-order chi connectivity index (χ0) is 16.5. The van der Waals surface area contributed by atoms with Gasteiger partial charge < -0.3 is 14.9 Å². The van der Waals surface area contributed by atoms with Crippen LogP contribution in [0.5, 0.6) is 0 Å². The van der Waals surface area contributed by atoms with Crippen LogP contribution in [0.25, 0.3) is 0 Å². The summed E-state index contributed by atoms with van der Waals surface area (Å²) in [7, 11) is 0. The van der Waals surface area contributed by atoms with Crippen LogP contribution < -0.4 is 0 Å². The lowest BCUT2D eigenvalue weighted by Gasteiger charge is -2.29. The van der Waals surface area contributed by atoms with Crippen molar-refractivity contribution in [3.05, 3.63) is 0 Å². The first-order valence-corrected chi connectivity index (χ1v) is 7.95. The summed E-state index contributed by atoms with van der Waals surface area (Å²) in [5, 5.41) is 8.81. The van der Waals surface area contributed by atoms with E-state index in [0.29, 0.717) is 13.1 Å². The second-order valence-corrected chi connectivity index (χ2v) is 6.42. The van der Waals surface area contributed by atoms with Crippen molar-refractivity contribution >= 4 is 11.9 Å². The highest BCUT2D eigenvalue weighted by atomic mass is 16.4. The van der Waals surface area contributed by atoms with E-state index in [1.54, 1.807) is 4.90 Å². The topological polar surface area (TPSA) is 60.9 Å². The number of hydrogen-bond acceptors (Lipinski definition) is 3. The van der Waals surface area contributed by atoms with Gasteiger partial charge in [0.25, 0.3) is 0 Å². The van der Waals surface area contributed by atoms with E-state index in [2.05, 4.69) is 18.7 Å². The molecule has 0 saturated carbocycles. The maximum atomic E-state index is 12.3. The highest BCUT2D eigenvalue weighted by Gasteiger charge is 2.27. The number of amides is 1. The van der Waals surface area contributed by atoms with Crippen LogP contribution >= 0.6 is 0 Å². The Hall–Kier alpha value is -1.10. The van der Waals surface area contributed by atoms with Crippen LogP contribution in [0.2, 0.25) is 0 Å². The van der Waals surface area contributed by atoms with E-state index in [0.717, 1.165) is 32.5 Å². The third kappa shape index (κ3) is 8.71. The molecule has 0 unspecified atom stereocenters. The van der Waals surface area contributed by atoms with Gasteiger partial charge in [-0.05, 0) is 32.5 Å². The minimum absolute atomic E-state index is 0.0118. The standard InChI is InChI=1S/C16H32N2O3/c1-6-17(7-2)11-8-9-12-18(13-10-14(19)20)15(21)16(3,4)5/h6-13H2,1-5H3,(H,19,20). The molecule has 0 aliphatic heterocycles. The summed E-state index contributed by atoms with van der Waals surface area (Å²) in [6.45, 7) is 14.0. The molecule has 0 saturated heterocycles. The SMILES string of the molecule is CCN(CC)CCCCN(CCC(=O)O)C(=O)C(C)(C)C. The summed E-state index contributed by atoms with van der Waals surface area (Å²) in [6.07, 6.45) is 1.96. The van der Waals surface area contributed by atoms with Crippen molar-refractivity contribution in [1.82, 2.24) is 9.80 Å². The molecule has 5 heteroatoms. The molecule has 0 aromatic carbocycles. The van der Waals surface area contributed by atoms with Crippen molar-refractivity contribution in [3.63, 3.8) is 0 Å². The fraction of sp³-hybridized carbons (Fsp3) is 0.875. The summed E-state index contributed by atoms with van der Waals surface area (Å²) in [4.78, 5) is 27.1. The lowest BCUT2D eigenvalue weighted by molar-refractivity contribution is -0.142. The van der Waals surface area contributed by atoms with Crippen LogP contribution in [0.4, 0.5) is 0 Å². The van der Waals surface area contributed by atoms with Crippen LogP contribution in [0.1, 0.15) is 53.9 Å². The number of carboxylic acid groups (broad SMARTS) is 1. The van der Waals surface area contributed by atoms with Gasteiger partial charge in [0, 0.05) is 18.5 Å². The van der Waals surface area contributed by atoms with Crippen molar-refractivity contribution in [1.29, 1.82) is 0 Å². The Labute approximate surface area is 129 Å². The van der Waals surface area contributed by atoms with E-state index in [1.807, 2.05) is 20.8 Å². The molecule has 0 radical (unpaired) electrons. The predicted molar refractivity (Wildman–Crippen MR) is 85.3 cm³/mol. The lowest BCUT2D eigenvalue weighted by atomic mass is 9.94. The normalized spacial score (nSPS) is 11.7. The van der Waals surface area contributed by atoms with Gasteiger partial charge in [-0.15, -0.1) is 0 Å². The molecule has 0 heterocycles. The Kier molecular flexibility index (Phi) is 9.26. The molecule has 1 amide bonds. The average Bonchev–Trinajstić information content (AvgIpc) is 2.40. The summed E-state index contributed by atoms with van der Waals surface area (Å²) in [5.74, 6) is -0.823. The summed E-state index contributed by atoms with van der Waals surface area (Å²) < 4.78 is 0. The van der Waals surface area contributed by atoms with E-state index in [9.17, 15) is 9.59 Å². The van der Waals surface area contributed by atoms with Crippen molar-refractivity contribution in [2.24, 2.45) is 5.41 Å². The molecule has 0 spiro atoms. The van der Waals surface area contributed by atoms with E-state index in [4.69, 9.17) is 5.11 Å². The Balaban J connectivity index is 4.34. The molecular formula is C16H32N2O3. The number of carboxylic acids is 1. The maximum absolute atomic E-state index is 12.3. The zero-order valence-electron chi connectivity index (χ0n) is 14.3. The molecule has 0 aliphatic carbocycles. The monoisotopic (exact) mass is 300 g/mol. The molecule has 0 rings (SSSR count). The molecule has 1 N–H and O–H groups in total. The first-order valence-electron chi connectivity index (χ1n) is 7.95. The van der Waals surface area contributed by atoms with Gasteiger partial charge in [0.1, 0.15) is 0 Å². The van der Waals surface area contributed by atoms with Crippen molar-refractivity contribution in [3.8, 4) is 0 Å². The molecule has 0 fully saturated rings. The number of hydrogen-bond donors (Lipinski definition) is 1. The van der Waals surface area contributed by atoms with E-state index >= 15 is 0 Å². The largest absolute Gasteiger partial charge is 0.481 e. The highest BCUT2D eigenvalue weighted by molar-refractivity contribution is 5.82. The van der Waals surface area contributed by atoms with E-state index in [-0.39, 0.29) is 12.3 Å². The Morgan fingerprint density at radius 3 is 1.90 bits per heavy atom. The number of aliphatic carboxylic acids is 1. The molecular weight excluding hydrogens is 268 g/mol. The fourth-order valence-electron chi connectivity index (χ4n) is 2.20. The molecule has 0 aromatic heterocycles. The predicted octanol–water partition coefficient (Wildman–Crippen LogP) is 2.46. The molecule has 0 aromatic rings. The van der Waals surface area contributed by atoms with Gasteiger partial charge in [-0.3, -0.25) is 9.59 Å². The summed E-state index contributed by atoms with van der Waals surface area (Å²) in [6, 6.07) is 0. The number of unbranched alkanes of at least 4 members (excludes halogenated alkanes) is 1. The van der Waals surface area contributed by atoms with Crippen molar-refractivity contribution in [2.45, 2.75) is 53.9 Å². The number of carbonyl (C=O) groups is 2. The number of rotatable bonds is 10. The van der Waals surface area contributed by atoms with Gasteiger partial charge in [-0.25, -0.2) is 0 Å². The highest BCUT2D eigenvalue weighted by Crippen LogP contribution is 2.18. The number of carbonyl (C=O) groups excluding carboxylic acids is 1. The molecule has 5 nitrogen and oxygen atoms in total. The average molecular weight is 300 g/mol. The van der Waals surface area contributed by atoms with Gasteiger partial charge >= 0.3 is 5.97 Å². The van der Waals surface area contributed by atoms with E-state index in [1.165, 1.54) is 0 Å². The Morgan fingerprint density at radius 2 is 1.48 bits per heavy atom. The quantitative estimate of drug-likeness (QED) is 0.630. The summed E-state index contributed by atoms with van der Waals surface area (Å²) >= 11 is 0. The second-order valence-electron chi connectivity index (χ2n) is 6.42. The molecule has 0 bridgehead atoms. The third-order valence-electron chi connectivity index (χ3n) is 3.57. The smallest absolute Gasteiger partial charge is 0.305 e. The number of nitrogens with zero attached hydrogens (tertiary/aromatic N) is 2. The van der Waals surface area contributed by atoms with Crippen LogP contribution in [-0.4, -0.2) is 59.5 Å². The van der Waals surface area contributed by atoms with Crippen LogP contribution in [0.15, 0.2) is 0 Å². The van der Waals surface area contributed by atoms with Crippen LogP contribution in [0.3, 0.4) is 0 Å². The first-order chi connectivity index (χ1) is 9.72. The molecule has 124 valence electrons. The zero-order valence-corrected chi connectivity index (χ0v) is 14.3. The van der Waals surface area contributed by atoms with E-state index < -0.39 is 11.4 Å². The van der Waals surface area contributed by atoms with Crippen molar-refractivity contribution in [2.75, 3.05) is 32.7 Å². The maximum Gasteiger partial charge on any atom is 0.305 e. The minimum Gasteiger partial charge on any atom is -0.481 e. The van der Waals surface area contributed by atoms with Crippen LogP contribution in [-0.2, 0) is 9.59 Å². The van der Waals surface area contributed by atoms with Crippen molar-refractivity contribution < 1.29 is 14.7 Å². The molecule has 21 heavy (non-hydrogen) atoms.